The molecule has 1 heterocycles. The zero-order valence-electron chi connectivity index (χ0n) is 16.2. The number of hydrogen-bond donors (Lipinski definition) is 0. The van der Waals surface area contributed by atoms with Crippen molar-refractivity contribution < 1.29 is 17.6 Å². The zero-order chi connectivity index (χ0) is 21.5. The first-order chi connectivity index (χ1) is 14.3. The fourth-order valence-corrected chi connectivity index (χ4v) is 6.75. The van der Waals surface area contributed by atoms with Crippen LogP contribution in [0, 0.1) is 5.82 Å². The fourth-order valence-electron chi connectivity index (χ4n) is 4.23. The first-order valence-electron chi connectivity index (χ1n) is 9.75. The number of rotatable bonds is 4. The van der Waals surface area contributed by atoms with Crippen LogP contribution in [0.2, 0.25) is 10.0 Å². The molecule has 0 spiro atoms. The first kappa shape index (κ1) is 21.6. The van der Waals surface area contributed by atoms with Gasteiger partial charge in [0.25, 0.3) is 0 Å². The molecule has 2 aliphatic rings. The normalized spacial score (nSPS) is 19.4. The number of amides is 1. The van der Waals surface area contributed by atoms with Crippen LogP contribution in [-0.2, 0) is 20.2 Å². The lowest BCUT2D eigenvalue weighted by atomic mass is 9.63. The first-order valence-corrected chi connectivity index (χ1v) is 11.9. The third-order valence-electron chi connectivity index (χ3n) is 6.04. The largest absolute Gasteiger partial charge is 0.339 e. The Labute approximate surface area is 185 Å². The molecule has 1 aliphatic heterocycles. The number of carbonyl (C=O) groups excluding carboxylic acids is 1. The van der Waals surface area contributed by atoms with Crippen LogP contribution in [0.25, 0.3) is 0 Å². The fraction of sp³-hybridized carbons (Fsp3) is 0.381. The third kappa shape index (κ3) is 3.62. The molecule has 1 saturated heterocycles. The summed E-state index contributed by atoms with van der Waals surface area (Å²) < 4.78 is 41.1. The number of benzene rings is 2. The number of piperazine rings is 1. The lowest BCUT2D eigenvalue weighted by Gasteiger charge is -2.46. The van der Waals surface area contributed by atoms with Crippen molar-refractivity contribution in [1.82, 2.24) is 9.21 Å². The maximum atomic E-state index is 13.8. The molecule has 0 bridgehead atoms. The van der Waals surface area contributed by atoms with Gasteiger partial charge in [-0.3, -0.25) is 4.79 Å². The van der Waals surface area contributed by atoms with E-state index in [1.807, 2.05) is 0 Å². The lowest BCUT2D eigenvalue weighted by molar-refractivity contribution is -0.142. The summed E-state index contributed by atoms with van der Waals surface area (Å²) in [5, 5.41) is 0.140. The molecule has 0 atom stereocenters. The Balaban J connectivity index is 1.51. The number of halogens is 3. The minimum Gasteiger partial charge on any atom is -0.339 e. The van der Waals surface area contributed by atoms with E-state index in [2.05, 4.69) is 0 Å². The van der Waals surface area contributed by atoms with E-state index in [-0.39, 0.29) is 52.8 Å². The highest BCUT2D eigenvalue weighted by atomic mass is 35.5. The average Bonchev–Trinajstić information content (AvgIpc) is 2.67. The second-order valence-electron chi connectivity index (χ2n) is 7.69. The molecular weight excluding hydrogens is 450 g/mol. The molecular formula is C21H21Cl2FN2O3S. The van der Waals surface area contributed by atoms with Crippen molar-refractivity contribution in [3.05, 3.63) is 63.9 Å². The summed E-state index contributed by atoms with van der Waals surface area (Å²) in [6, 6.07) is 10.8. The Morgan fingerprint density at radius 1 is 0.967 bits per heavy atom. The summed E-state index contributed by atoms with van der Waals surface area (Å²) >= 11 is 12.2. The molecule has 30 heavy (non-hydrogen) atoms. The molecule has 2 aromatic rings. The van der Waals surface area contributed by atoms with Crippen LogP contribution in [0.1, 0.15) is 24.8 Å². The molecule has 1 amide bonds. The van der Waals surface area contributed by atoms with Crippen LogP contribution in [0.15, 0.2) is 47.4 Å². The summed E-state index contributed by atoms with van der Waals surface area (Å²) in [5.41, 5.74) is -0.0218. The monoisotopic (exact) mass is 470 g/mol. The summed E-state index contributed by atoms with van der Waals surface area (Å²) in [5.74, 6) is -0.425. The Bertz CT molecular complexity index is 1060. The van der Waals surface area contributed by atoms with Gasteiger partial charge < -0.3 is 4.90 Å². The second kappa shape index (κ2) is 8.11. The van der Waals surface area contributed by atoms with E-state index in [1.54, 1.807) is 23.1 Å². The van der Waals surface area contributed by atoms with Gasteiger partial charge in [-0.25, -0.2) is 12.8 Å². The molecule has 160 valence electrons. The van der Waals surface area contributed by atoms with Crippen LogP contribution in [0.3, 0.4) is 0 Å². The maximum Gasteiger partial charge on any atom is 0.246 e. The van der Waals surface area contributed by atoms with Gasteiger partial charge in [0.1, 0.15) is 10.7 Å². The van der Waals surface area contributed by atoms with E-state index in [1.165, 1.54) is 28.6 Å². The van der Waals surface area contributed by atoms with Crippen molar-refractivity contribution in [2.24, 2.45) is 0 Å². The highest BCUT2D eigenvalue weighted by molar-refractivity contribution is 7.89. The van der Waals surface area contributed by atoms with Gasteiger partial charge in [0.15, 0.2) is 0 Å². The predicted molar refractivity (Wildman–Crippen MR) is 114 cm³/mol. The van der Waals surface area contributed by atoms with Gasteiger partial charge in [0.05, 0.1) is 15.5 Å². The summed E-state index contributed by atoms with van der Waals surface area (Å²) in [4.78, 5) is 14.9. The van der Waals surface area contributed by atoms with Crippen molar-refractivity contribution in [2.75, 3.05) is 26.2 Å². The second-order valence-corrected chi connectivity index (χ2v) is 10.4. The molecule has 0 unspecified atom stereocenters. The number of sulfonamides is 1. The number of hydrogen-bond acceptors (Lipinski definition) is 3. The van der Waals surface area contributed by atoms with E-state index >= 15 is 0 Å². The molecule has 0 N–H and O–H groups in total. The standard InChI is InChI=1S/C21H21Cl2FN2O3S/c22-17-6-2-7-18(23)19(17)30(28,29)26-12-10-25(11-13-26)20(27)21(8-3-9-21)15-4-1-5-16(24)14-15/h1-2,4-7,14H,3,8-13H2. The maximum absolute atomic E-state index is 13.8. The van der Waals surface area contributed by atoms with Crippen LogP contribution in [-0.4, -0.2) is 49.7 Å². The van der Waals surface area contributed by atoms with Crippen molar-refractivity contribution in [1.29, 1.82) is 0 Å². The molecule has 5 nitrogen and oxygen atoms in total. The average molecular weight is 471 g/mol. The van der Waals surface area contributed by atoms with E-state index < -0.39 is 15.4 Å². The van der Waals surface area contributed by atoms with Gasteiger partial charge in [-0.05, 0) is 42.7 Å². The topological polar surface area (TPSA) is 57.7 Å². The summed E-state index contributed by atoms with van der Waals surface area (Å²) in [6.07, 6.45) is 2.24. The van der Waals surface area contributed by atoms with Gasteiger partial charge in [0.2, 0.25) is 15.9 Å². The Morgan fingerprint density at radius 3 is 2.10 bits per heavy atom. The smallest absolute Gasteiger partial charge is 0.246 e. The summed E-state index contributed by atoms with van der Waals surface area (Å²) in [6.45, 7) is 0.818. The molecule has 0 aromatic heterocycles. The van der Waals surface area contributed by atoms with Crippen LogP contribution < -0.4 is 0 Å². The van der Waals surface area contributed by atoms with E-state index in [4.69, 9.17) is 23.2 Å². The lowest BCUT2D eigenvalue weighted by Crippen LogP contribution is -2.57. The Kier molecular flexibility index (Phi) is 5.83. The van der Waals surface area contributed by atoms with Gasteiger partial charge >= 0.3 is 0 Å². The number of carbonyl (C=O) groups is 1. The van der Waals surface area contributed by atoms with Crippen molar-refractivity contribution in [3.8, 4) is 0 Å². The zero-order valence-corrected chi connectivity index (χ0v) is 18.5. The molecule has 9 heteroatoms. The molecule has 2 fully saturated rings. The quantitative estimate of drug-likeness (QED) is 0.675. The minimum atomic E-state index is -3.88. The van der Waals surface area contributed by atoms with Crippen molar-refractivity contribution >= 4 is 39.1 Å². The van der Waals surface area contributed by atoms with E-state index in [9.17, 15) is 17.6 Å². The van der Waals surface area contributed by atoms with Crippen molar-refractivity contribution in [3.63, 3.8) is 0 Å². The van der Waals surface area contributed by atoms with Crippen LogP contribution >= 0.6 is 23.2 Å². The highest BCUT2D eigenvalue weighted by Crippen LogP contribution is 2.45. The van der Waals surface area contributed by atoms with Crippen molar-refractivity contribution in [2.45, 2.75) is 29.6 Å². The highest BCUT2D eigenvalue weighted by Gasteiger charge is 2.48. The SMILES string of the molecule is O=C(N1CCN(S(=O)(=O)c2c(Cl)cccc2Cl)CC1)C1(c2cccc(F)c2)CCC1. The molecule has 1 saturated carbocycles. The summed E-state index contributed by atoms with van der Waals surface area (Å²) in [7, 11) is -3.88. The minimum absolute atomic E-state index is 0.0628. The van der Waals surface area contributed by atoms with Gasteiger partial charge in [-0.1, -0.05) is 47.8 Å². The molecule has 0 radical (unpaired) electrons. The van der Waals surface area contributed by atoms with Crippen LogP contribution in [0.5, 0.6) is 0 Å². The molecule has 4 rings (SSSR count). The number of nitrogens with zero attached hydrogens (tertiary/aromatic N) is 2. The van der Waals surface area contributed by atoms with Crippen LogP contribution in [0.4, 0.5) is 4.39 Å². The third-order valence-corrected chi connectivity index (χ3v) is 8.89. The van der Waals surface area contributed by atoms with Gasteiger partial charge in [-0.2, -0.15) is 4.31 Å². The Morgan fingerprint density at radius 2 is 1.57 bits per heavy atom. The van der Waals surface area contributed by atoms with Gasteiger partial charge in [-0.15, -0.1) is 0 Å². The van der Waals surface area contributed by atoms with Gasteiger partial charge in [0, 0.05) is 26.2 Å². The molecule has 1 aliphatic carbocycles. The van der Waals surface area contributed by atoms with E-state index in [0.29, 0.717) is 18.4 Å². The predicted octanol–water partition coefficient (Wildman–Crippen LogP) is 4.09. The molecule has 2 aromatic carbocycles. The Hall–Kier alpha value is -1.67. The van der Waals surface area contributed by atoms with E-state index in [0.717, 1.165) is 6.42 Å².